The van der Waals surface area contributed by atoms with Crippen LogP contribution in [0.15, 0.2) is 27.4 Å². The zero-order chi connectivity index (χ0) is 12.4. The second-order valence-electron chi connectivity index (χ2n) is 3.53. The standard InChI is InChI=1S/C9H10ClN5OS/c1-5(2)15-8(16)13-14-9(15)17-7-6(10)11-3-4-12-7/h3-5H,1-2H3,(H,13,16). The summed E-state index contributed by atoms with van der Waals surface area (Å²) in [4.78, 5) is 19.5. The Morgan fingerprint density at radius 1 is 1.41 bits per heavy atom. The fraction of sp³-hybridized carbons (Fsp3) is 0.333. The van der Waals surface area contributed by atoms with E-state index >= 15 is 0 Å². The van der Waals surface area contributed by atoms with E-state index in [0.717, 1.165) is 0 Å². The molecule has 0 saturated heterocycles. The molecule has 17 heavy (non-hydrogen) atoms. The average Bonchev–Trinajstić information content (AvgIpc) is 2.63. The molecule has 0 unspecified atom stereocenters. The summed E-state index contributed by atoms with van der Waals surface area (Å²) in [6.45, 7) is 3.80. The van der Waals surface area contributed by atoms with Crippen molar-refractivity contribution in [3.8, 4) is 0 Å². The van der Waals surface area contributed by atoms with E-state index < -0.39 is 0 Å². The van der Waals surface area contributed by atoms with Crippen molar-refractivity contribution in [2.24, 2.45) is 0 Å². The van der Waals surface area contributed by atoms with Gasteiger partial charge in [0, 0.05) is 18.4 Å². The predicted octanol–water partition coefficient (Wildman–Crippen LogP) is 1.75. The van der Waals surface area contributed by atoms with Crippen molar-refractivity contribution in [1.29, 1.82) is 0 Å². The fourth-order valence-electron chi connectivity index (χ4n) is 1.28. The molecule has 0 saturated carbocycles. The molecule has 0 aromatic carbocycles. The maximum Gasteiger partial charge on any atom is 0.344 e. The highest BCUT2D eigenvalue weighted by Crippen LogP contribution is 2.28. The van der Waals surface area contributed by atoms with Gasteiger partial charge in [-0.2, -0.15) is 0 Å². The van der Waals surface area contributed by atoms with E-state index in [1.54, 1.807) is 6.20 Å². The van der Waals surface area contributed by atoms with Gasteiger partial charge in [0.15, 0.2) is 10.3 Å². The van der Waals surface area contributed by atoms with Crippen molar-refractivity contribution < 1.29 is 0 Å². The van der Waals surface area contributed by atoms with Crippen LogP contribution < -0.4 is 5.69 Å². The summed E-state index contributed by atoms with van der Waals surface area (Å²) in [7, 11) is 0. The summed E-state index contributed by atoms with van der Waals surface area (Å²) in [5, 5.41) is 7.68. The van der Waals surface area contributed by atoms with Gasteiger partial charge in [-0.1, -0.05) is 11.6 Å². The number of hydrogen-bond donors (Lipinski definition) is 1. The Morgan fingerprint density at radius 2 is 2.12 bits per heavy atom. The van der Waals surface area contributed by atoms with Gasteiger partial charge in [-0.3, -0.25) is 4.57 Å². The molecule has 0 spiro atoms. The third-order valence-corrected chi connectivity index (χ3v) is 3.35. The second kappa shape index (κ2) is 4.89. The Kier molecular flexibility index (Phi) is 3.49. The van der Waals surface area contributed by atoms with Crippen LogP contribution in [-0.2, 0) is 0 Å². The minimum absolute atomic E-state index is 0.0131. The number of rotatable bonds is 3. The molecule has 8 heteroatoms. The van der Waals surface area contributed by atoms with Crippen LogP contribution in [0.3, 0.4) is 0 Å². The first kappa shape index (κ1) is 12.1. The Hall–Kier alpha value is -1.34. The molecule has 1 N–H and O–H groups in total. The normalized spacial score (nSPS) is 11.1. The maximum atomic E-state index is 11.5. The molecule has 0 atom stereocenters. The van der Waals surface area contributed by atoms with Crippen LogP contribution in [0.4, 0.5) is 0 Å². The van der Waals surface area contributed by atoms with E-state index in [9.17, 15) is 4.79 Å². The van der Waals surface area contributed by atoms with Gasteiger partial charge in [0.05, 0.1) is 0 Å². The summed E-state index contributed by atoms with van der Waals surface area (Å²) >= 11 is 7.10. The van der Waals surface area contributed by atoms with Crippen molar-refractivity contribution >= 4 is 23.4 Å². The van der Waals surface area contributed by atoms with Gasteiger partial charge in [-0.15, -0.1) is 5.10 Å². The largest absolute Gasteiger partial charge is 0.344 e. The fourth-order valence-corrected chi connectivity index (χ4v) is 2.41. The quantitative estimate of drug-likeness (QED) is 0.920. The summed E-state index contributed by atoms with van der Waals surface area (Å²) in [5.74, 6) is 0. The van der Waals surface area contributed by atoms with Gasteiger partial charge >= 0.3 is 5.69 Å². The lowest BCUT2D eigenvalue weighted by Crippen LogP contribution is -2.19. The number of hydrogen-bond acceptors (Lipinski definition) is 5. The minimum atomic E-state index is -0.248. The van der Waals surface area contributed by atoms with Crippen LogP contribution >= 0.6 is 23.4 Å². The molecule has 0 aliphatic heterocycles. The van der Waals surface area contributed by atoms with Gasteiger partial charge in [-0.25, -0.2) is 19.9 Å². The van der Waals surface area contributed by atoms with E-state index in [2.05, 4.69) is 20.2 Å². The second-order valence-corrected chi connectivity index (χ2v) is 4.84. The first-order valence-electron chi connectivity index (χ1n) is 4.91. The SMILES string of the molecule is CC(C)n1c(Sc2nccnc2Cl)n[nH]c1=O. The van der Waals surface area contributed by atoms with Crippen molar-refractivity contribution in [2.45, 2.75) is 30.1 Å². The third-order valence-electron chi connectivity index (χ3n) is 2.00. The molecule has 2 heterocycles. The van der Waals surface area contributed by atoms with Gasteiger partial charge in [0.1, 0.15) is 5.03 Å². The molecule has 6 nitrogen and oxygen atoms in total. The van der Waals surface area contributed by atoms with Crippen molar-refractivity contribution in [2.75, 3.05) is 0 Å². The zero-order valence-corrected chi connectivity index (χ0v) is 10.8. The molecule has 0 fully saturated rings. The molecule has 0 amide bonds. The van der Waals surface area contributed by atoms with Crippen LogP contribution in [0.1, 0.15) is 19.9 Å². The van der Waals surface area contributed by atoms with Crippen LogP contribution in [-0.4, -0.2) is 24.7 Å². The van der Waals surface area contributed by atoms with Crippen LogP contribution in [0.5, 0.6) is 0 Å². The maximum absolute atomic E-state index is 11.5. The highest BCUT2D eigenvalue weighted by molar-refractivity contribution is 7.99. The number of aromatic nitrogens is 5. The molecule has 2 rings (SSSR count). The van der Waals surface area contributed by atoms with Crippen molar-refractivity contribution in [3.05, 3.63) is 28.0 Å². The Labute approximate surface area is 106 Å². The van der Waals surface area contributed by atoms with Crippen LogP contribution in [0.2, 0.25) is 5.15 Å². The molecular weight excluding hydrogens is 262 g/mol. The third kappa shape index (κ3) is 2.50. The Balaban J connectivity index is 2.37. The summed E-state index contributed by atoms with van der Waals surface area (Å²) in [6, 6.07) is 0.0131. The first-order valence-corrected chi connectivity index (χ1v) is 6.10. The monoisotopic (exact) mass is 271 g/mol. The van der Waals surface area contributed by atoms with Gasteiger partial charge in [-0.05, 0) is 25.6 Å². The summed E-state index contributed by atoms with van der Waals surface area (Å²) in [6.07, 6.45) is 3.05. The number of H-pyrrole nitrogens is 1. The molecule has 0 bridgehead atoms. The van der Waals surface area contributed by atoms with Crippen LogP contribution in [0.25, 0.3) is 0 Å². The Bertz CT molecular complexity index is 579. The van der Waals surface area contributed by atoms with E-state index in [1.807, 2.05) is 13.8 Å². The van der Waals surface area contributed by atoms with E-state index in [0.29, 0.717) is 15.3 Å². The molecule has 0 radical (unpaired) electrons. The topological polar surface area (TPSA) is 76.5 Å². The average molecular weight is 272 g/mol. The highest BCUT2D eigenvalue weighted by atomic mass is 35.5. The smallest absolute Gasteiger partial charge is 0.267 e. The molecule has 2 aromatic rings. The Morgan fingerprint density at radius 3 is 2.76 bits per heavy atom. The molecule has 90 valence electrons. The minimum Gasteiger partial charge on any atom is -0.267 e. The number of nitrogens with zero attached hydrogens (tertiary/aromatic N) is 4. The first-order chi connectivity index (χ1) is 8.09. The summed E-state index contributed by atoms with van der Waals surface area (Å²) < 4.78 is 1.54. The molecule has 0 aliphatic carbocycles. The summed E-state index contributed by atoms with van der Waals surface area (Å²) in [5.41, 5.74) is -0.248. The van der Waals surface area contributed by atoms with Gasteiger partial charge in [0.2, 0.25) is 0 Å². The molecular formula is C9H10ClN5OS. The van der Waals surface area contributed by atoms with Crippen molar-refractivity contribution in [1.82, 2.24) is 24.7 Å². The van der Waals surface area contributed by atoms with E-state index in [-0.39, 0.29) is 11.7 Å². The van der Waals surface area contributed by atoms with Crippen LogP contribution in [0, 0.1) is 0 Å². The molecule has 2 aromatic heterocycles. The number of aromatic amines is 1. The lowest BCUT2D eigenvalue weighted by Gasteiger charge is -2.07. The van der Waals surface area contributed by atoms with E-state index in [4.69, 9.17) is 11.6 Å². The van der Waals surface area contributed by atoms with Gasteiger partial charge < -0.3 is 0 Å². The zero-order valence-electron chi connectivity index (χ0n) is 9.22. The lowest BCUT2D eigenvalue weighted by molar-refractivity contribution is 0.534. The molecule has 0 aliphatic rings. The highest BCUT2D eigenvalue weighted by Gasteiger charge is 2.15. The number of halogens is 1. The number of nitrogens with one attached hydrogen (secondary N) is 1. The predicted molar refractivity (Wildman–Crippen MR) is 64.4 cm³/mol. The van der Waals surface area contributed by atoms with Gasteiger partial charge in [0.25, 0.3) is 0 Å². The van der Waals surface area contributed by atoms with E-state index in [1.165, 1.54) is 22.5 Å². The van der Waals surface area contributed by atoms with Crippen molar-refractivity contribution in [3.63, 3.8) is 0 Å². The lowest BCUT2D eigenvalue weighted by atomic mass is 10.4.